The maximum absolute atomic E-state index is 14.0. The molecular weight excluding hydrogens is 321 g/mol. The van der Waals surface area contributed by atoms with Gasteiger partial charge in [0.25, 0.3) is 0 Å². The van der Waals surface area contributed by atoms with Gasteiger partial charge in [0, 0.05) is 17.1 Å². The second-order valence-corrected chi connectivity index (χ2v) is 5.21. The van der Waals surface area contributed by atoms with Crippen molar-refractivity contribution in [2.24, 2.45) is 0 Å². The zero-order valence-electron chi connectivity index (χ0n) is 11.7. The third-order valence-corrected chi connectivity index (χ3v) is 3.49. The Balaban J connectivity index is 1.84. The number of nitrogens with one attached hydrogen (secondary N) is 3. The van der Waals surface area contributed by atoms with Gasteiger partial charge in [0.05, 0.1) is 16.2 Å². The number of anilines is 2. The van der Waals surface area contributed by atoms with Crippen molar-refractivity contribution < 1.29 is 9.18 Å². The Hall–Kier alpha value is -2.86. The van der Waals surface area contributed by atoms with Crippen molar-refractivity contribution in [3.05, 3.63) is 69.7 Å². The number of carbonyl (C=O) groups is 1. The quantitative estimate of drug-likeness (QED) is 0.665. The minimum absolute atomic E-state index is 0.0922. The monoisotopic (exact) mass is 331 g/mol. The molecule has 2 aromatic carbocycles. The lowest BCUT2D eigenvalue weighted by Crippen LogP contribution is -2.19. The number of aromatic nitrogens is 1. The van der Waals surface area contributed by atoms with E-state index in [1.54, 1.807) is 30.3 Å². The van der Waals surface area contributed by atoms with Gasteiger partial charge in [-0.15, -0.1) is 0 Å². The molecule has 5 nitrogen and oxygen atoms in total. The number of hydrogen-bond acceptors (Lipinski definition) is 2. The summed E-state index contributed by atoms with van der Waals surface area (Å²) in [5.74, 6) is -0.631. The van der Waals surface area contributed by atoms with Crippen molar-refractivity contribution in [2.45, 2.75) is 0 Å². The fourth-order valence-corrected chi connectivity index (χ4v) is 2.32. The van der Waals surface area contributed by atoms with Crippen LogP contribution in [0.25, 0.3) is 10.9 Å². The van der Waals surface area contributed by atoms with Gasteiger partial charge in [-0.25, -0.2) is 9.18 Å². The van der Waals surface area contributed by atoms with E-state index < -0.39 is 17.4 Å². The van der Waals surface area contributed by atoms with Gasteiger partial charge < -0.3 is 15.6 Å². The summed E-state index contributed by atoms with van der Waals surface area (Å²) >= 11 is 5.95. The summed E-state index contributed by atoms with van der Waals surface area (Å²) in [5, 5.41) is 5.96. The molecule has 0 spiro atoms. The number of benzene rings is 2. The van der Waals surface area contributed by atoms with Crippen LogP contribution >= 0.6 is 11.6 Å². The molecule has 1 aromatic heterocycles. The molecule has 0 aliphatic heterocycles. The Morgan fingerprint density at radius 3 is 2.65 bits per heavy atom. The van der Waals surface area contributed by atoms with Crippen molar-refractivity contribution in [3.63, 3.8) is 0 Å². The molecular formula is C16H11ClFN3O2. The summed E-state index contributed by atoms with van der Waals surface area (Å²) in [7, 11) is 0. The maximum Gasteiger partial charge on any atom is 0.323 e. The minimum atomic E-state index is -0.631. The molecule has 3 N–H and O–H groups in total. The van der Waals surface area contributed by atoms with Crippen molar-refractivity contribution in [3.8, 4) is 0 Å². The zero-order valence-corrected chi connectivity index (χ0v) is 12.4. The first kappa shape index (κ1) is 15.1. The topological polar surface area (TPSA) is 74.0 Å². The number of para-hydroxylation sites is 1. The van der Waals surface area contributed by atoms with E-state index in [0.29, 0.717) is 16.1 Å². The van der Waals surface area contributed by atoms with E-state index >= 15 is 0 Å². The molecule has 7 heteroatoms. The maximum atomic E-state index is 14.0. The van der Waals surface area contributed by atoms with Crippen LogP contribution in [0.2, 0.25) is 5.02 Å². The van der Waals surface area contributed by atoms with Crippen LogP contribution in [0.3, 0.4) is 0 Å². The molecule has 0 atom stereocenters. The van der Waals surface area contributed by atoms with E-state index in [2.05, 4.69) is 15.6 Å². The normalized spacial score (nSPS) is 10.5. The number of rotatable bonds is 2. The van der Waals surface area contributed by atoms with Gasteiger partial charge >= 0.3 is 6.03 Å². The van der Waals surface area contributed by atoms with E-state index in [4.69, 9.17) is 11.6 Å². The first-order valence-corrected chi connectivity index (χ1v) is 7.06. The number of amides is 2. The summed E-state index contributed by atoms with van der Waals surface area (Å²) < 4.78 is 14.0. The van der Waals surface area contributed by atoms with Crippen molar-refractivity contribution in [1.82, 2.24) is 4.98 Å². The van der Waals surface area contributed by atoms with Gasteiger partial charge in [0.2, 0.25) is 5.56 Å². The molecule has 3 rings (SSSR count). The van der Waals surface area contributed by atoms with Crippen LogP contribution in [-0.4, -0.2) is 11.0 Å². The minimum Gasteiger partial charge on any atom is -0.319 e. The average Bonchev–Trinajstić information content (AvgIpc) is 2.50. The summed E-state index contributed by atoms with van der Waals surface area (Å²) in [6, 6.07) is 11.7. The van der Waals surface area contributed by atoms with Gasteiger partial charge in [-0.05, 0) is 30.3 Å². The van der Waals surface area contributed by atoms with Crippen LogP contribution in [0, 0.1) is 5.82 Å². The van der Waals surface area contributed by atoms with Crippen LogP contribution in [0.5, 0.6) is 0 Å². The Kier molecular flexibility index (Phi) is 3.99. The number of aromatic amines is 1. The van der Waals surface area contributed by atoms with Gasteiger partial charge in [0.15, 0.2) is 0 Å². The van der Waals surface area contributed by atoms with E-state index in [0.717, 1.165) is 6.07 Å². The Bertz CT molecular complexity index is 955. The van der Waals surface area contributed by atoms with Crippen LogP contribution < -0.4 is 16.2 Å². The van der Waals surface area contributed by atoms with Crippen molar-refractivity contribution in [1.29, 1.82) is 0 Å². The highest BCUT2D eigenvalue weighted by atomic mass is 35.5. The smallest absolute Gasteiger partial charge is 0.319 e. The number of carbonyl (C=O) groups excluding carboxylic acids is 1. The van der Waals surface area contributed by atoms with Gasteiger partial charge in [-0.1, -0.05) is 23.7 Å². The zero-order chi connectivity index (χ0) is 16.4. The number of urea groups is 1. The molecule has 0 unspecified atom stereocenters. The standard InChI is InChI=1S/C16H11ClFN3O2/c17-11-3-1-2-4-13(11)20-16(23)19-10-7-9-5-6-14(22)21-15(9)12(18)8-10/h1-8H,(H,21,22)(H2,19,20,23). The van der Waals surface area contributed by atoms with E-state index in [9.17, 15) is 14.0 Å². The molecule has 0 saturated heterocycles. The predicted molar refractivity (Wildman–Crippen MR) is 88.6 cm³/mol. The third-order valence-electron chi connectivity index (χ3n) is 3.16. The van der Waals surface area contributed by atoms with Crippen LogP contribution in [0.4, 0.5) is 20.6 Å². The molecule has 0 aliphatic rings. The highest BCUT2D eigenvalue weighted by Gasteiger charge is 2.09. The van der Waals surface area contributed by atoms with E-state index in [-0.39, 0.29) is 11.2 Å². The molecule has 0 saturated carbocycles. The predicted octanol–water partition coefficient (Wildman–Crippen LogP) is 3.96. The lowest BCUT2D eigenvalue weighted by atomic mass is 10.2. The molecule has 23 heavy (non-hydrogen) atoms. The second kappa shape index (κ2) is 6.10. The summed E-state index contributed by atoms with van der Waals surface area (Å²) in [5.41, 5.74) is 0.395. The summed E-state index contributed by atoms with van der Waals surface area (Å²) in [6.45, 7) is 0. The third kappa shape index (κ3) is 3.32. The lowest BCUT2D eigenvalue weighted by molar-refractivity contribution is 0.262. The number of H-pyrrole nitrogens is 1. The summed E-state index contributed by atoms with van der Waals surface area (Å²) in [6.07, 6.45) is 0. The van der Waals surface area contributed by atoms with Crippen LogP contribution in [0.15, 0.2) is 53.3 Å². The number of halogens is 2. The average molecular weight is 332 g/mol. The second-order valence-electron chi connectivity index (χ2n) is 4.80. The van der Waals surface area contributed by atoms with E-state index in [1.807, 2.05) is 0 Å². The highest BCUT2D eigenvalue weighted by molar-refractivity contribution is 6.33. The Morgan fingerprint density at radius 2 is 1.87 bits per heavy atom. The molecule has 2 amide bonds. The number of fused-ring (bicyclic) bond motifs is 1. The number of pyridine rings is 1. The SMILES string of the molecule is O=C(Nc1cc(F)c2[nH]c(=O)ccc2c1)Nc1ccccc1Cl. The fourth-order valence-electron chi connectivity index (χ4n) is 2.14. The molecule has 0 bridgehead atoms. The fraction of sp³-hybridized carbons (Fsp3) is 0. The van der Waals surface area contributed by atoms with Crippen molar-refractivity contribution in [2.75, 3.05) is 10.6 Å². The molecule has 0 aliphatic carbocycles. The highest BCUT2D eigenvalue weighted by Crippen LogP contribution is 2.22. The van der Waals surface area contributed by atoms with Crippen molar-refractivity contribution >= 4 is 39.9 Å². The van der Waals surface area contributed by atoms with Gasteiger partial charge in [0.1, 0.15) is 5.82 Å². The molecule has 1 heterocycles. The van der Waals surface area contributed by atoms with Gasteiger partial charge in [-0.3, -0.25) is 4.79 Å². The first-order valence-electron chi connectivity index (χ1n) is 6.68. The van der Waals surface area contributed by atoms with Crippen LogP contribution in [0.1, 0.15) is 0 Å². The van der Waals surface area contributed by atoms with Crippen LogP contribution in [-0.2, 0) is 0 Å². The van der Waals surface area contributed by atoms with Gasteiger partial charge in [-0.2, -0.15) is 0 Å². The van der Waals surface area contributed by atoms with E-state index in [1.165, 1.54) is 12.1 Å². The molecule has 0 fully saturated rings. The Labute approximate surface area is 135 Å². The molecule has 0 radical (unpaired) electrons. The molecule has 3 aromatic rings. The summed E-state index contributed by atoms with van der Waals surface area (Å²) in [4.78, 5) is 25.6. The first-order chi connectivity index (χ1) is 11.0. The largest absolute Gasteiger partial charge is 0.323 e. The Morgan fingerprint density at radius 1 is 1.09 bits per heavy atom. The lowest BCUT2D eigenvalue weighted by Gasteiger charge is -2.10. The number of hydrogen-bond donors (Lipinski definition) is 3. The molecule has 116 valence electrons.